The van der Waals surface area contributed by atoms with Crippen molar-refractivity contribution in [3.05, 3.63) is 108 Å². The molecule has 1 atom stereocenters. The Morgan fingerprint density at radius 1 is 0.818 bits per heavy atom. The molecule has 0 bridgehead atoms. The molecule has 3 aromatic carbocycles. The Bertz CT molecular complexity index is 1550. The molecule has 0 saturated carbocycles. The Morgan fingerprint density at radius 3 is 1.91 bits per heavy atom. The summed E-state index contributed by atoms with van der Waals surface area (Å²) in [6, 6.07) is 30.4. The van der Waals surface area contributed by atoms with Crippen LogP contribution in [-0.4, -0.2) is 65.3 Å². The van der Waals surface area contributed by atoms with E-state index in [1.807, 2.05) is 47.4 Å². The summed E-state index contributed by atoms with van der Waals surface area (Å²) in [6.07, 6.45) is -2.87. The second-order valence-electron chi connectivity index (χ2n) is 10.3. The van der Waals surface area contributed by atoms with Crippen molar-refractivity contribution in [3.8, 4) is 0 Å². The molecule has 6 rings (SSSR count). The molecule has 1 amide bonds. The largest absolute Gasteiger partial charge is 0.490 e. The highest BCUT2D eigenvalue weighted by molar-refractivity contribution is 6.07. The Balaban J connectivity index is 0.000000493. The van der Waals surface area contributed by atoms with E-state index in [1.54, 1.807) is 6.33 Å². The van der Waals surface area contributed by atoms with Gasteiger partial charge in [-0.05, 0) is 23.3 Å². The van der Waals surface area contributed by atoms with Crippen molar-refractivity contribution in [3.63, 3.8) is 0 Å². The van der Waals surface area contributed by atoms with Crippen LogP contribution in [0, 0.1) is 0 Å². The number of carbonyl (C=O) groups excluding carboxylic acids is 1. The molecule has 4 aromatic rings. The van der Waals surface area contributed by atoms with Crippen LogP contribution in [0.5, 0.6) is 0 Å². The number of carboxylic acid groups (broad SMARTS) is 1. The molecule has 9 nitrogen and oxygen atoms in total. The summed E-state index contributed by atoms with van der Waals surface area (Å²) in [4.78, 5) is 38.7. The first kappa shape index (κ1) is 30.3. The fourth-order valence-electron chi connectivity index (χ4n) is 5.21. The molecule has 1 unspecified atom stereocenters. The number of para-hydroxylation sites is 1. The fourth-order valence-corrected chi connectivity index (χ4v) is 5.21. The minimum Gasteiger partial charge on any atom is -0.475 e. The maximum Gasteiger partial charge on any atom is 0.490 e. The number of nitrogens with one attached hydrogen (secondary N) is 1. The number of fused-ring (bicyclic) bond motifs is 1. The predicted molar refractivity (Wildman–Crippen MR) is 162 cm³/mol. The Hall–Kier alpha value is -5.13. The second-order valence-corrected chi connectivity index (χ2v) is 10.3. The van der Waals surface area contributed by atoms with Crippen molar-refractivity contribution in [2.45, 2.75) is 25.2 Å². The van der Waals surface area contributed by atoms with Gasteiger partial charge in [-0.3, -0.25) is 9.69 Å². The van der Waals surface area contributed by atoms with Crippen LogP contribution >= 0.6 is 0 Å². The maximum absolute atomic E-state index is 14.0. The van der Waals surface area contributed by atoms with Crippen LogP contribution in [0.1, 0.15) is 11.1 Å². The number of aromatic nitrogens is 2. The Morgan fingerprint density at radius 2 is 1.34 bits per heavy atom. The summed E-state index contributed by atoms with van der Waals surface area (Å²) < 4.78 is 31.7. The summed E-state index contributed by atoms with van der Waals surface area (Å²) in [7, 11) is 0. The lowest BCUT2D eigenvalue weighted by Gasteiger charge is -2.40. The van der Waals surface area contributed by atoms with Gasteiger partial charge in [-0.15, -0.1) is 0 Å². The second kappa shape index (κ2) is 13.4. The smallest absolute Gasteiger partial charge is 0.475 e. The summed E-state index contributed by atoms with van der Waals surface area (Å²) in [5, 5.41) is 10.6. The van der Waals surface area contributed by atoms with E-state index in [0.717, 1.165) is 48.8 Å². The van der Waals surface area contributed by atoms with Crippen LogP contribution in [0.4, 0.5) is 36.2 Å². The van der Waals surface area contributed by atoms with Gasteiger partial charge in [-0.25, -0.2) is 14.8 Å². The van der Waals surface area contributed by atoms with E-state index in [0.29, 0.717) is 18.8 Å². The number of halogens is 3. The van der Waals surface area contributed by atoms with Crippen molar-refractivity contribution in [1.82, 2.24) is 9.97 Å². The summed E-state index contributed by atoms with van der Waals surface area (Å²) in [6.45, 7) is 3.89. The molecule has 1 aromatic heterocycles. The van der Waals surface area contributed by atoms with E-state index < -0.39 is 18.2 Å². The molecule has 1 fully saturated rings. The number of amides is 1. The standard InChI is InChI=1S/C30H30N6O.C2HF3O2/c37-30-26(20-23-10-4-1-5-11-23)33-28-27(36(30)21-24-12-6-2-7-13-24)29(32-22-31-28)35-18-16-34(17-19-35)25-14-8-3-9-15-25;3-2(4,5)1(6)7/h1-15,22,26H,16-21H2,(H,31,32,33);(H,6,7). The number of benzene rings is 3. The number of carbonyl (C=O) groups is 2. The van der Waals surface area contributed by atoms with Gasteiger partial charge in [0.2, 0.25) is 5.91 Å². The molecule has 3 heterocycles. The van der Waals surface area contributed by atoms with Gasteiger partial charge in [0, 0.05) is 38.3 Å². The molecular weight excluding hydrogens is 573 g/mol. The molecule has 0 aliphatic carbocycles. The SMILES string of the molecule is O=C(O)C(F)(F)F.O=C1C(Cc2ccccc2)Nc2ncnc(N3CCN(c4ccccc4)CC3)c2N1Cc1ccccc1. The fraction of sp³-hybridized carbons (Fsp3) is 0.250. The zero-order valence-corrected chi connectivity index (χ0v) is 23.7. The molecule has 0 spiro atoms. The Labute approximate surface area is 252 Å². The van der Waals surface area contributed by atoms with Gasteiger partial charge in [-0.1, -0.05) is 78.9 Å². The third kappa shape index (κ3) is 7.25. The molecule has 0 radical (unpaired) electrons. The lowest BCUT2D eigenvalue weighted by molar-refractivity contribution is -0.192. The van der Waals surface area contributed by atoms with Gasteiger partial charge in [-0.2, -0.15) is 13.2 Å². The van der Waals surface area contributed by atoms with Crippen molar-refractivity contribution < 1.29 is 27.9 Å². The summed E-state index contributed by atoms with van der Waals surface area (Å²) in [5.41, 5.74) is 4.20. The number of aliphatic carboxylic acids is 1. The summed E-state index contributed by atoms with van der Waals surface area (Å²) in [5.74, 6) is -1.19. The zero-order valence-electron chi connectivity index (χ0n) is 23.7. The van der Waals surface area contributed by atoms with Crippen LogP contribution < -0.4 is 20.0 Å². The molecule has 2 aliphatic rings. The van der Waals surface area contributed by atoms with Crippen LogP contribution in [0.2, 0.25) is 0 Å². The van der Waals surface area contributed by atoms with Gasteiger partial charge in [0.25, 0.3) is 0 Å². The molecule has 2 N–H and O–H groups in total. The Kier molecular flexibility index (Phi) is 9.27. The normalized spacial score (nSPS) is 16.4. The number of piperazine rings is 1. The number of carboxylic acids is 1. The number of nitrogens with zero attached hydrogens (tertiary/aromatic N) is 5. The first-order valence-electron chi connectivity index (χ1n) is 14.1. The van der Waals surface area contributed by atoms with Gasteiger partial charge in [0.05, 0.1) is 6.54 Å². The predicted octanol–water partition coefficient (Wildman–Crippen LogP) is 5.01. The minimum absolute atomic E-state index is 0.0409. The van der Waals surface area contributed by atoms with Gasteiger partial charge in [0.15, 0.2) is 11.6 Å². The molecule has 2 aliphatic heterocycles. The van der Waals surface area contributed by atoms with E-state index in [9.17, 15) is 18.0 Å². The number of hydrogen-bond acceptors (Lipinski definition) is 7. The first-order valence-corrected chi connectivity index (χ1v) is 14.1. The summed E-state index contributed by atoms with van der Waals surface area (Å²) >= 11 is 0. The van der Waals surface area contributed by atoms with Crippen LogP contribution in [0.25, 0.3) is 0 Å². The highest BCUT2D eigenvalue weighted by Crippen LogP contribution is 2.39. The molecular formula is C32H31F3N6O3. The van der Waals surface area contributed by atoms with Crippen LogP contribution in [0.3, 0.4) is 0 Å². The average molecular weight is 605 g/mol. The van der Waals surface area contributed by atoms with E-state index >= 15 is 0 Å². The topological polar surface area (TPSA) is 102 Å². The van der Waals surface area contributed by atoms with Crippen molar-refractivity contribution in [1.29, 1.82) is 0 Å². The molecule has 1 saturated heterocycles. The highest BCUT2D eigenvalue weighted by Gasteiger charge is 2.39. The lowest BCUT2D eigenvalue weighted by Crippen LogP contribution is -2.51. The quantitative estimate of drug-likeness (QED) is 0.317. The lowest BCUT2D eigenvalue weighted by atomic mass is 10.0. The van der Waals surface area contributed by atoms with Crippen molar-refractivity contribution in [2.75, 3.05) is 46.2 Å². The number of hydrogen-bond donors (Lipinski definition) is 2. The van der Waals surface area contributed by atoms with Crippen LogP contribution in [0.15, 0.2) is 97.3 Å². The van der Waals surface area contributed by atoms with Gasteiger partial charge >= 0.3 is 12.1 Å². The molecule has 228 valence electrons. The van der Waals surface area contributed by atoms with Crippen molar-refractivity contribution >= 4 is 34.9 Å². The number of anilines is 4. The molecule has 44 heavy (non-hydrogen) atoms. The van der Waals surface area contributed by atoms with E-state index in [2.05, 4.69) is 68.6 Å². The number of rotatable bonds is 6. The van der Waals surface area contributed by atoms with E-state index in [1.165, 1.54) is 5.69 Å². The first-order chi connectivity index (χ1) is 21.2. The minimum atomic E-state index is -5.08. The van der Waals surface area contributed by atoms with Crippen LogP contribution in [-0.2, 0) is 22.6 Å². The van der Waals surface area contributed by atoms with Gasteiger partial charge in [0.1, 0.15) is 18.1 Å². The van der Waals surface area contributed by atoms with E-state index in [4.69, 9.17) is 14.9 Å². The third-order valence-corrected chi connectivity index (χ3v) is 7.36. The maximum atomic E-state index is 14.0. The number of alkyl halides is 3. The monoisotopic (exact) mass is 604 g/mol. The average Bonchev–Trinajstić information content (AvgIpc) is 3.04. The highest BCUT2D eigenvalue weighted by atomic mass is 19.4. The van der Waals surface area contributed by atoms with Crippen molar-refractivity contribution in [2.24, 2.45) is 0 Å². The van der Waals surface area contributed by atoms with Gasteiger partial charge < -0.3 is 20.2 Å². The third-order valence-electron chi connectivity index (χ3n) is 7.36. The van der Waals surface area contributed by atoms with E-state index in [-0.39, 0.29) is 5.91 Å². The zero-order chi connectivity index (χ0) is 31.1. The molecule has 12 heteroatoms.